The molecule has 7 heteroatoms. The van der Waals surface area contributed by atoms with Crippen molar-refractivity contribution in [3.8, 4) is 0 Å². The first-order chi connectivity index (χ1) is 12.4. The molecule has 140 valence electrons. The summed E-state index contributed by atoms with van der Waals surface area (Å²) in [6, 6.07) is -0.0615. The number of aryl methyl sites for hydroxylation is 2. The second-order valence-corrected chi connectivity index (χ2v) is 7.98. The molecule has 0 bridgehead atoms. The zero-order valence-corrected chi connectivity index (χ0v) is 15.9. The summed E-state index contributed by atoms with van der Waals surface area (Å²) < 4.78 is 4.01. The van der Waals surface area contributed by atoms with E-state index in [0.717, 1.165) is 35.1 Å². The highest BCUT2D eigenvalue weighted by Crippen LogP contribution is 2.31. The summed E-state index contributed by atoms with van der Waals surface area (Å²) in [6.07, 6.45) is 6.78. The van der Waals surface area contributed by atoms with Crippen molar-refractivity contribution in [1.82, 2.24) is 24.2 Å². The van der Waals surface area contributed by atoms with Crippen LogP contribution < -0.4 is 5.73 Å². The van der Waals surface area contributed by atoms with E-state index >= 15 is 0 Å². The fourth-order valence-corrected chi connectivity index (χ4v) is 3.95. The molecule has 2 N–H and O–H groups in total. The highest BCUT2D eigenvalue weighted by Gasteiger charge is 2.35. The van der Waals surface area contributed by atoms with Crippen LogP contribution in [0.3, 0.4) is 0 Å². The Hall–Kier alpha value is -2.15. The molecule has 1 aliphatic heterocycles. The number of likely N-dealkylation sites (tertiary alicyclic amines) is 1. The molecule has 26 heavy (non-hydrogen) atoms. The predicted octanol–water partition coefficient (Wildman–Crippen LogP) is 1.14. The molecule has 0 spiro atoms. The Labute approximate surface area is 154 Å². The minimum atomic E-state index is -0.0615. The first-order valence-corrected chi connectivity index (χ1v) is 9.46. The van der Waals surface area contributed by atoms with Gasteiger partial charge >= 0.3 is 0 Å². The molecule has 2 fully saturated rings. The third kappa shape index (κ3) is 3.28. The van der Waals surface area contributed by atoms with Gasteiger partial charge < -0.3 is 15.2 Å². The average molecular weight is 356 g/mol. The molecule has 1 saturated heterocycles. The van der Waals surface area contributed by atoms with E-state index in [9.17, 15) is 4.79 Å². The summed E-state index contributed by atoms with van der Waals surface area (Å²) >= 11 is 0. The van der Waals surface area contributed by atoms with Crippen LogP contribution in [0.15, 0.2) is 12.5 Å². The first kappa shape index (κ1) is 17.3. The molecule has 1 amide bonds. The quantitative estimate of drug-likeness (QED) is 0.871. The smallest absolute Gasteiger partial charge is 0.227 e. The molecular formula is C19H28N6O. The van der Waals surface area contributed by atoms with E-state index < -0.39 is 0 Å². The lowest BCUT2D eigenvalue weighted by atomic mass is 10.0. The van der Waals surface area contributed by atoms with Gasteiger partial charge in [-0.2, -0.15) is 5.10 Å². The van der Waals surface area contributed by atoms with Crippen molar-refractivity contribution in [2.75, 3.05) is 13.1 Å². The van der Waals surface area contributed by atoms with Gasteiger partial charge in [-0.1, -0.05) is 0 Å². The Morgan fingerprint density at radius 2 is 2.08 bits per heavy atom. The molecule has 0 radical (unpaired) electrons. The normalized spacial score (nSPS) is 23.0. The van der Waals surface area contributed by atoms with Gasteiger partial charge in [-0.05, 0) is 32.6 Å². The molecule has 1 aliphatic carbocycles. The molecule has 0 unspecified atom stereocenters. The summed E-state index contributed by atoms with van der Waals surface area (Å²) in [7, 11) is 1.95. The van der Waals surface area contributed by atoms with Crippen LogP contribution in [-0.2, 0) is 24.8 Å². The van der Waals surface area contributed by atoms with E-state index in [2.05, 4.69) is 21.7 Å². The van der Waals surface area contributed by atoms with E-state index in [4.69, 9.17) is 5.73 Å². The van der Waals surface area contributed by atoms with Gasteiger partial charge in [0.2, 0.25) is 5.91 Å². The van der Waals surface area contributed by atoms with Crippen LogP contribution in [0, 0.1) is 19.8 Å². The molecule has 3 heterocycles. The Morgan fingerprint density at radius 3 is 2.73 bits per heavy atom. The lowest BCUT2D eigenvalue weighted by Gasteiger charge is -2.16. The van der Waals surface area contributed by atoms with Gasteiger partial charge in [0.25, 0.3) is 0 Å². The van der Waals surface area contributed by atoms with Crippen LogP contribution in [0.4, 0.5) is 0 Å². The van der Waals surface area contributed by atoms with Crippen molar-refractivity contribution in [2.45, 2.75) is 51.6 Å². The molecule has 0 aromatic carbocycles. The SMILES string of the molecule is Cc1nn(CC2CC2)c(C)c1CC(=O)N1C[C@@H](N)[C@H](c2cn(C)cn2)C1. The number of amides is 1. The van der Waals surface area contributed by atoms with Gasteiger partial charge in [0.15, 0.2) is 0 Å². The van der Waals surface area contributed by atoms with Gasteiger partial charge in [0, 0.05) is 56.1 Å². The summed E-state index contributed by atoms with van der Waals surface area (Å²) in [6.45, 7) is 6.31. The van der Waals surface area contributed by atoms with Crippen molar-refractivity contribution in [1.29, 1.82) is 0 Å². The topological polar surface area (TPSA) is 82.0 Å². The third-order valence-corrected chi connectivity index (χ3v) is 5.81. The number of carbonyl (C=O) groups is 1. The minimum absolute atomic E-state index is 0.0615. The molecule has 2 aromatic heterocycles. The van der Waals surface area contributed by atoms with Gasteiger partial charge in [-0.3, -0.25) is 9.48 Å². The number of carbonyl (C=O) groups excluding carboxylic acids is 1. The molecule has 2 aliphatic rings. The summed E-state index contributed by atoms with van der Waals surface area (Å²) in [5.41, 5.74) is 10.5. The molecule has 2 aromatic rings. The van der Waals surface area contributed by atoms with Crippen LogP contribution in [0.25, 0.3) is 0 Å². The third-order valence-electron chi connectivity index (χ3n) is 5.81. The largest absolute Gasteiger partial charge is 0.340 e. The minimum Gasteiger partial charge on any atom is -0.340 e. The highest BCUT2D eigenvalue weighted by molar-refractivity contribution is 5.79. The maximum absolute atomic E-state index is 12.9. The average Bonchev–Trinajstić information content (AvgIpc) is 3.08. The number of hydrogen-bond acceptors (Lipinski definition) is 4. The monoisotopic (exact) mass is 356 g/mol. The standard InChI is InChI=1S/C19H28N6O/c1-12-15(13(2)25(22-12)7-14-4-5-14)6-19(26)24-8-16(17(20)9-24)18-10-23(3)11-21-18/h10-11,14,16-17H,4-9,20H2,1-3H3/t16-,17-/m1/s1. The molecular weight excluding hydrogens is 328 g/mol. The zero-order chi connectivity index (χ0) is 18.4. The molecule has 7 nitrogen and oxygen atoms in total. The highest BCUT2D eigenvalue weighted by atomic mass is 16.2. The van der Waals surface area contributed by atoms with E-state index in [1.807, 2.05) is 29.6 Å². The number of aromatic nitrogens is 4. The van der Waals surface area contributed by atoms with Gasteiger partial charge in [-0.25, -0.2) is 4.98 Å². The van der Waals surface area contributed by atoms with Crippen molar-refractivity contribution in [3.05, 3.63) is 35.2 Å². The fraction of sp³-hybridized carbons (Fsp3) is 0.632. The van der Waals surface area contributed by atoms with Crippen molar-refractivity contribution in [2.24, 2.45) is 18.7 Å². The molecule has 2 atom stereocenters. The van der Waals surface area contributed by atoms with Crippen molar-refractivity contribution >= 4 is 5.91 Å². The maximum Gasteiger partial charge on any atom is 0.227 e. The Morgan fingerprint density at radius 1 is 1.31 bits per heavy atom. The Bertz CT molecular complexity index is 818. The Kier molecular flexibility index (Phi) is 4.34. The van der Waals surface area contributed by atoms with Crippen LogP contribution in [0.2, 0.25) is 0 Å². The van der Waals surface area contributed by atoms with Crippen LogP contribution in [0.5, 0.6) is 0 Å². The number of imidazole rings is 1. The lowest BCUT2D eigenvalue weighted by Crippen LogP contribution is -2.33. The summed E-state index contributed by atoms with van der Waals surface area (Å²) in [4.78, 5) is 19.2. The summed E-state index contributed by atoms with van der Waals surface area (Å²) in [5.74, 6) is 1.02. The van der Waals surface area contributed by atoms with Crippen LogP contribution in [-0.4, -0.2) is 49.3 Å². The number of rotatable bonds is 5. The van der Waals surface area contributed by atoms with E-state index in [-0.39, 0.29) is 17.9 Å². The van der Waals surface area contributed by atoms with Gasteiger partial charge in [0.1, 0.15) is 0 Å². The lowest BCUT2D eigenvalue weighted by molar-refractivity contribution is -0.129. The first-order valence-electron chi connectivity index (χ1n) is 9.46. The van der Waals surface area contributed by atoms with Gasteiger partial charge in [0.05, 0.1) is 24.1 Å². The second-order valence-electron chi connectivity index (χ2n) is 7.98. The van der Waals surface area contributed by atoms with Gasteiger partial charge in [-0.15, -0.1) is 0 Å². The second kappa shape index (κ2) is 6.54. The van der Waals surface area contributed by atoms with Crippen molar-refractivity contribution < 1.29 is 4.79 Å². The Balaban J connectivity index is 1.44. The fourth-order valence-electron chi connectivity index (χ4n) is 3.95. The zero-order valence-electron chi connectivity index (χ0n) is 15.9. The number of hydrogen-bond donors (Lipinski definition) is 1. The molecule has 1 saturated carbocycles. The molecule has 4 rings (SSSR count). The predicted molar refractivity (Wildman–Crippen MR) is 98.6 cm³/mol. The van der Waals surface area contributed by atoms with Crippen LogP contribution in [0.1, 0.15) is 41.4 Å². The van der Waals surface area contributed by atoms with Crippen LogP contribution >= 0.6 is 0 Å². The van der Waals surface area contributed by atoms with E-state index in [1.165, 1.54) is 12.8 Å². The van der Waals surface area contributed by atoms with E-state index in [1.54, 1.807) is 6.33 Å². The number of nitrogens with zero attached hydrogens (tertiary/aromatic N) is 5. The van der Waals surface area contributed by atoms with E-state index in [0.29, 0.717) is 19.5 Å². The summed E-state index contributed by atoms with van der Waals surface area (Å²) in [5, 5.41) is 4.66. The maximum atomic E-state index is 12.9. The van der Waals surface area contributed by atoms with Crippen molar-refractivity contribution in [3.63, 3.8) is 0 Å². The number of nitrogens with two attached hydrogens (primary N) is 1.